The Balaban J connectivity index is 2.06. The van der Waals surface area contributed by atoms with Crippen LogP contribution in [-0.4, -0.2) is 36.7 Å². The minimum absolute atomic E-state index is 0.0425. The van der Waals surface area contributed by atoms with Crippen LogP contribution in [0.3, 0.4) is 0 Å². The van der Waals surface area contributed by atoms with Crippen LogP contribution in [0.15, 0.2) is 53.8 Å². The second-order valence-corrected chi connectivity index (χ2v) is 6.69. The topological polar surface area (TPSA) is 101 Å². The molecule has 0 radical (unpaired) electrons. The molecule has 0 N–H and O–H groups in total. The number of benzene rings is 1. The van der Waals surface area contributed by atoms with Crippen molar-refractivity contribution in [2.75, 3.05) is 18.0 Å². The summed E-state index contributed by atoms with van der Waals surface area (Å²) < 4.78 is 33.5. The van der Waals surface area contributed by atoms with Crippen LogP contribution in [0.1, 0.15) is 0 Å². The molecular weight excluding hydrogens is 330 g/mol. The van der Waals surface area contributed by atoms with E-state index >= 15 is 0 Å². The third-order valence-electron chi connectivity index (χ3n) is 3.43. The first-order chi connectivity index (χ1) is 11.6. The summed E-state index contributed by atoms with van der Waals surface area (Å²) in [5.74, 6) is 0.596. The molecule has 0 bridgehead atoms. The molecule has 2 aromatic heterocycles. The number of methoxy groups -OCH3 is 1. The third kappa shape index (κ3) is 2.75. The van der Waals surface area contributed by atoms with E-state index in [2.05, 4.69) is 10.2 Å². The zero-order valence-corrected chi connectivity index (χ0v) is 13.5. The molecule has 0 saturated heterocycles. The molecule has 0 aliphatic carbocycles. The lowest BCUT2D eigenvalue weighted by atomic mass is 10.3. The SMILES string of the molecule is COc1ccc(N(CC#N)S(=O)(=O)c2ccc3nncn3c2)cc1. The molecule has 3 rings (SSSR count). The van der Waals surface area contributed by atoms with Crippen LogP contribution in [0.5, 0.6) is 5.75 Å². The molecule has 2 heterocycles. The Morgan fingerprint density at radius 3 is 2.67 bits per heavy atom. The first kappa shape index (κ1) is 15.8. The highest BCUT2D eigenvalue weighted by Crippen LogP contribution is 2.25. The van der Waals surface area contributed by atoms with E-state index in [1.807, 2.05) is 6.07 Å². The van der Waals surface area contributed by atoms with Gasteiger partial charge in [-0.1, -0.05) is 0 Å². The number of hydrogen-bond acceptors (Lipinski definition) is 6. The van der Waals surface area contributed by atoms with Gasteiger partial charge in [0.2, 0.25) is 0 Å². The van der Waals surface area contributed by atoms with Crippen LogP contribution in [0.2, 0.25) is 0 Å². The second kappa shape index (κ2) is 6.17. The molecular formula is C15H13N5O3S. The maximum atomic E-state index is 12.9. The predicted molar refractivity (Wildman–Crippen MR) is 86.1 cm³/mol. The van der Waals surface area contributed by atoms with Gasteiger partial charge in [-0.3, -0.25) is 8.71 Å². The van der Waals surface area contributed by atoms with Crippen molar-refractivity contribution in [2.24, 2.45) is 0 Å². The van der Waals surface area contributed by atoms with Crippen LogP contribution in [-0.2, 0) is 10.0 Å². The number of nitriles is 1. The fourth-order valence-corrected chi connectivity index (χ4v) is 3.58. The van der Waals surface area contributed by atoms with Gasteiger partial charge in [-0.15, -0.1) is 10.2 Å². The zero-order chi connectivity index (χ0) is 17.2. The molecule has 0 atom stereocenters. The minimum Gasteiger partial charge on any atom is -0.497 e. The molecule has 0 aliphatic rings. The lowest BCUT2D eigenvalue weighted by molar-refractivity contribution is 0.415. The molecule has 24 heavy (non-hydrogen) atoms. The fraction of sp³-hybridized carbons (Fsp3) is 0.133. The van der Waals surface area contributed by atoms with E-state index in [0.717, 1.165) is 4.31 Å². The van der Waals surface area contributed by atoms with E-state index in [-0.39, 0.29) is 11.4 Å². The van der Waals surface area contributed by atoms with Gasteiger partial charge in [-0.25, -0.2) is 8.42 Å². The van der Waals surface area contributed by atoms with Crippen molar-refractivity contribution in [2.45, 2.75) is 4.90 Å². The molecule has 0 fully saturated rings. The van der Waals surface area contributed by atoms with Crippen molar-refractivity contribution < 1.29 is 13.2 Å². The van der Waals surface area contributed by atoms with E-state index in [4.69, 9.17) is 10.00 Å². The molecule has 0 unspecified atom stereocenters. The zero-order valence-electron chi connectivity index (χ0n) is 12.7. The summed E-state index contributed by atoms with van der Waals surface area (Å²) in [7, 11) is -2.39. The van der Waals surface area contributed by atoms with Crippen LogP contribution in [0.25, 0.3) is 5.65 Å². The normalized spacial score (nSPS) is 11.2. The number of aromatic nitrogens is 3. The van der Waals surface area contributed by atoms with E-state index in [1.165, 1.54) is 30.1 Å². The average molecular weight is 343 g/mol. The highest BCUT2D eigenvalue weighted by molar-refractivity contribution is 7.92. The van der Waals surface area contributed by atoms with Crippen LogP contribution in [0, 0.1) is 11.3 Å². The van der Waals surface area contributed by atoms with E-state index in [1.54, 1.807) is 30.3 Å². The van der Waals surface area contributed by atoms with Gasteiger partial charge >= 0.3 is 0 Å². The number of ether oxygens (including phenoxy) is 1. The molecule has 0 saturated carbocycles. The smallest absolute Gasteiger partial charge is 0.266 e. The average Bonchev–Trinajstić information content (AvgIpc) is 3.07. The molecule has 8 nitrogen and oxygen atoms in total. The Labute approximate surface area is 138 Å². The van der Waals surface area contributed by atoms with Gasteiger partial charge in [0.25, 0.3) is 10.0 Å². The van der Waals surface area contributed by atoms with Gasteiger partial charge in [0.1, 0.15) is 23.5 Å². The summed E-state index contributed by atoms with van der Waals surface area (Å²) >= 11 is 0. The van der Waals surface area contributed by atoms with Crippen molar-refractivity contribution in [1.82, 2.24) is 14.6 Å². The van der Waals surface area contributed by atoms with Crippen molar-refractivity contribution in [1.29, 1.82) is 5.26 Å². The Morgan fingerprint density at radius 1 is 1.25 bits per heavy atom. The molecule has 0 amide bonds. The molecule has 0 spiro atoms. The number of sulfonamides is 1. The quantitative estimate of drug-likeness (QED) is 0.650. The number of rotatable bonds is 5. The van der Waals surface area contributed by atoms with Gasteiger partial charge < -0.3 is 4.74 Å². The Hall–Kier alpha value is -3.12. The van der Waals surface area contributed by atoms with Gasteiger partial charge in [0, 0.05) is 6.20 Å². The summed E-state index contributed by atoms with van der Waals surface area (Å²) in [4.78, 5) is 0.0425. The third-order valence-corrected chi connectivity index (χ3v) is 5.18. The monoisotopic (exact) mass is 343 g/mol. The van der Waals surface area contributed by atoms with Gasteiger partial charge in [-0.2, -0.15) is 5.26 Å². The fourth-order valence-electron chi connectivity index (χ4n) is 2.21. The number of nitrogens with zero attached hydrogens (tertiary/aromatic N) is 5. The summed E-state index contributed by atoms with van der Waals surface area (Å²) in [6.45, 7) is -0.311. The van der Waals surface area contributed by atoms with E-state index < -0.39 is 10.0 Å². The first-order valence-corrected chi connectivity index (χ1v) is 8.33. The highest BCUT2D eigenvalue weighted by Gasteiger charge is 2.25. The van der Waals surface area contributed by atoms with Gasteiger partial charge in [-0.05, 0) is 36.4 Å². The number of pyridine rings is 1. The number of fused-ring (bicyclic) bond motifs is 1. The molecule has 1 aromatic carbocycles. The van der Waals surface area contributed by atoms with Gasteiger partial charge in [0.15, 0.2) is 5.65 Å². The number of hydrogen-bond donors (Lipinski definition) is 0. The maximum Gasteiger partial charge on any atom is 0.266 e. The summed E-state index contributed by atoms with van der Waals surface area (Å²) in [6.07, 6.45) is 2.83. The maximum absolute atomic E-state index is 12.9. The first-order valence-electron chi connectivity index (χ1n) is 6.89. The largest absolute Gasteiger partial charge is 0.497 e. The molecule has 0 aliphatic heterocycles. The van der Waals surface area contributed by atoms with Gasteiger partial charge in [0.05, 0.1) is 18.9 Å². The molecule has 9 heteroatoms. The Morgan fingerprint density at radius 2 is 2.00 bits per heavy atom. The summed E-state index contributed by atoms with van der Waals surface area (Å²) in [5.41, 5.74) is 0.909. The Bertz CT molecular complexity index is 1010. The van der Waals surface area contributed by atoms with Crippen molar-refractivity contribution >= 4 is 21.4 Å². The predicted octanol–water partition coefficient (Wildman–Crippen LogP) is 1.46. The summed E-state index contributed by atoms with van der Waals surface area (Å²) in [6, 6.07) is 11.3. The second-order valence-electron chi connectivity index (χ2n) is 4.83. The minimum atomic E-state index is -3.91. The van der Waals surface area contributed by atoms with Crippen LogP contribution < -0.4 is 9.04 Å². The van der Waals surface area contributed by atoms with Crippen LogP contribution >= 0.6 is 0 Å². The van der Waals surface area contributed by atoms with E-state index in [9.17, 15) is 8.42 Å². The van der Waals surface area contributed by atoms with E-state index in [0.29, 0.717) is 17.1 Å². The van der Waals surface area contributed by atoms with Crippen molar-refractivity contribution in [3.05, 3.63) is 48.9 Å². The summed E-state index contributed by atoms with van der Waals surface area (Å²) in [5, 5.41) is 16.6. The number of anilines is 1. The lowest BCUT2D eigenvalue weighted by Crippen LogP contribution is -2.31. The highest BCUT2D eigenvalue weighted by atomic mass is 32.2. The van der Waals surface area contributed by atoms with Crippen molar-refractivity contribution in [3.63, 3.8) is 0 Å². The lowest BCUT2D eigenvalue weighted by Gasteiger charge is -2.21. The Kier molecular flexibility index (Phi) is 4.05. The molecule has 122 valence electrons. The molecule has 3 aromatic rings. The van der Waals surface area contributed by atoms with Crippen LogP contribution in [0.4, 0.5) is 5.69 Å². The standard InChI is InChI=1S/C15H13N5O3S/c1-23-13-4-2-12(3-5-13)20(9-8-16)24(21,22)14-6-7-15-18-17-11-19(15)10-14/h2-7,10-11H,9H2,1H3. The van der Waals surface area contributed by atoms with Crippen molar-refractivity contribution in [3.8, 4) is 11.8 Å².